The average Bonchev–Trinajstić information content (AvgIpc) is 1.79. The summed E-state index contributed by atoms with van der Waals surface area (Å²) in [4.78, 5) is 0. The largest absolute Gasteiger partial charge is 1.00 e. The Morgan fingerprint density at radius 1 is 1.58 bits per heavy atom. The van der Waals surface area contributed by atoms with Gasteiger partial charge < -0.3 is 9.29 Å². The van der Waals surface area contributed by atoms with Gasteiger partial charge in [0.1, 0.15) is 6.67 Å². The van der Waals surface area contributed by atoms with Crippen molar-refractivity contribution in [3.05, 3.63) is 0 Å². The summed E-state index contributed by atoms with van der Waals surface area (Å²) in [7, 11) is -4.75. The molecule has 0 aromatic heterocycles. The van der Waals surface area contributed by atoms with Crippen LogP contribution < -0.4 is 18.9 Å². The number of hydrogen-bond acceptors (Lipinski definition) is 5. The van der Waals surface area contributed by atoms with Crippen LogP contribution in [0.2, 0.25) is 0 Å². The van der Waals surface area contributed by atoms with E-state index in [0.29, 0.717) is 0 Å². The Kier molecular flexibility index (Phi) is 8.46. The Morgan fingerprint density at radius 2 is 2.08 bits per heavy atom. The van der Waals surface area contributed by atoms with Gasteiger partial charge in [-0.05, 0) is 6.92 Å². The molecule has 0 aliphatic carbocycles. The van der Waals surface area contributed by atoms with Crippen LogP contribution in [0.15, 0.2) is 0 Å². The minimum atomic E-state index is -4.75. The van der Waals surface area contributed by atoms with Gasteiger partial charge in [-0.15, -0.1) is 0 Å². The fourth-order valence-corrected chi connectivity index (χ4v) is 0.792. The van der Waals surface area contributed by atoms with Gasteiger partial charge in [-0.3, -0.25) is 0 Å². The van der Waals surface area contributed by atoms with Crippen molar-refractivity contribution in [2.45, 2.75) is 13.2 Å². The summed E-state index contributed by atoms with van der Waals surface area (Å²) < 4.78 is 49.1. The molecule has 0 aromatic rings. The number of halogens is 1. The quantitative estimate of drug-likeness (QED) is 0.199. The Morgan fingerprint density at radius 3 is 2.42 bits per heavy atom. The van der Waals surface area contributed by atoms with Crippen LogP contribution >= 0.6 is 0 Å². The zero-order valence-corrected chi connectivity index (χ0v) is 7.64. The summed E-state index contributed by atoms with van der Waals surface area (Å²) in [5.74, 6) is 0. The van der Waals surface area contributed by atoms with E-state index < -0.39 is 23.4 Å². The SMILES string of the molecule is CC(OCCF)OS(=O)(=O)[O-].[Li+]. The van der Waals surface area contributed by atoms with Gasteiger partial charge in [-0.1, -0.05) is 0 Å². The van der Waals surface area contributed by atoms with Crippen molar-refractivity contribution >= 4 is 10.4 Å². The van der Waals surface area contributed by atoms with Crippen LogP contribution in [-0.4, -0.2) is 32.5 Å². The van der Waals surface area contributed by atoms with Crippen molar-refractivity contribution < 1.29 is 45.1 Å². The minimum Gasteiger partial charge on any atom is -0.725 e. The molecule has 12 heavy (non-hydrogen) atoms. The Bertz CT molecular complexity index is 194. The number of hydrogen-bond donors (Lipinski definition) is 0. The smallest absolute Gasteiger partial charge is 0.725 e. The third-order valence-electron chi connectivity index (χ3n) is 0.683. The van der Waals surface area contributed by atoms with E-state index in [9.17, 15) is 17.4 Å². The average molecular weight is 194 g/mol. The fraction of sp³-hybridized carbons (Fsp3) is 1.00. The van der Waals surface area contributed by atoms with Gasteiger partial charge in [0.15, 0.2) is 6.29 Å². The zero-order chi connectivity index (χ0) is 8.91. The Hall–Kier alpha value is 0.357. The van der Waals surface area contributed by atoms with Crippen LogP contribution in [0.25, 0.3) is 0 Å². The molecule has 8 heteroatoms. The first-order chi connectivity index (χ1) is 4.95. The first kappa shape index (κ1) is 14.9. The maximum Gasteiger partial charge on any atom is 1.00 e. The molecule has 0 rings (SSSR count). The summed E-state index contributed by atoms with van der Waals surface area (Å²) in [5.41, 5.74) is 0. The van der Waals surface area contributed by atoms with E-state index in [1.807, 2.05) is 0 Å². The number of rotatable bonds is 5. The van der Waals surface area contributed by atoms with E-state index in [4.69, 9.17) is 0 Å². The minimum absolute atomic E-state index is 0. The predicted octanol–water partition coefficient (Wildman–Crippen LogP) is -3.20. The summed E-state index contributed by atoms with van der Waals surface area (Å²) in [5, 5.41) is 0. The molecule has 0 radical (unpaired) electrons. The first-order valence-corrected chi connectivity index (χ1v) is 4.10. The molecule has 1 unspecified atom stereocenters. The predicted molar refractivity (Wildman–Crippen MR) is 32.2 cm³/mol. The third-order valence-corrected chi connectivity index (χ3v) is 1.19. The summed E-state index contributed by atoms with van der Waals surface area (Å²) in [6.45, 7) is 0.133. The molecule has 0 saturated carbocycles. The third kappa shape index (κ3) is 10.4. The Balaban J connectivity index is 0. The van der Waals surface area contributed by atoms with Gasteiger partial charge in [0.05, 0.1) is 6.61 Å². The molecular formula is C4H8FLiO5S. The fourth-order valence-electron chi connectivity index (χ4n) is 0.404. The van der Waals surface area contributed by atoms with Gasteiger partial charge in [-0.2, -0.15) is 0 Å². The molecule has 0 saturated heterocycles. The van der Waals surface area contributed by atoms with Crippen molar-refractivity contribution in [2.24, 2.45) is 0 Å². The molecule has 5 nitrogen and oxygen atoms in total. The topological polar surface area (TPSA) is 75.7 Å². The van der Waals surface area contributed by atoms with E-state index in [2.05, 4.69) is 8.92 Å². The van der Waals surface area contributed by atoms with Crippen LogP contribution in [0.3, 0.4) is 0 Å². The number of alkyl halides is 1. The monoisotopic (exact) mass is 194 g/mol. The molecule has 0 bridgehead atoms. The van der Waals surface area contributed by atoms with E-state index in [-0.39, 0.29) is 25.5 Å². The molecule has 0 heterocycles. The van der Waals surface area contributed by atoms with Crippen molar-refractivity contribution in [2.75, 3.05) is 13.3 Å². The van der Waals surface area contributed by atoms with E-state index in [0.717, 1.165) is 0 Å². The van der Waals surface area contributed by atoms with Crippen LogP contribution in [-0.2, 0) is 19.3 Å². The maximum atomic E-state index is 11.4. The summed E-state index contributed by atoms with van der Waals surface area (Å²) >= 11 is 0. The molecule has 0 fully saturated rings. The van der Waals surface area contributed by atoms with Gasteiger partial charge in [-0.25, -0.2) is 17.0 Å². The van der Waals surface area contributed by atoms with Crippen LogP contribution in [0.5, 0.6) is 0 Å². The van der Waals surface area contributed by atoms with E-state index in [1.165, 1.54) is 6.92 Å². The van der Waals surface area contributed by atoms with Crippen LogP contribution in [0.4, 0.5) is 4.39 Å². The molecular weight excluding hydrogens is 186 g/mol. The van der Waals surface area contributed by atoms with Gasteiger partial charge in [0.2, 0.25) is 10.4 Å². The second kappa shape index (κ2) is 6.83. The second-order valence-electron chi connectivity index (χ2n) is 1.63. The summed E-state index contributed by atoms with van der Waals surface area (Å²) in [6.07, 6.45) is -1.23. The van der Waals surface area contributed by atoms with E-state index in [1.54, 1.807) is 0 Å². The first-order valence-electron chi connectivity index (χ1n) is 2.77. The summed E-state index contributed by atoms with van der Waals surface area (Å²) in [6, 6.07) is 0. The number of ether oxygens (including phenoxy) is 1. The zero-order valence-electron chi connectivity index (χ0n) is 6.82. The van der Waals surface area contributed by atoms with Gasteiger partial charge >= 0.3 is 18.9 Å². The standard InChI is InChI=1S/C4H9FO5S.Li/c1-4(9-3-2-5)10-11(6,7)8;/h4H,2-3H2,1H3,(H,6,7,8);/q;+1/p-1. The van der Waals surface area contributed by atoms with Crippen LogP contribution in [0, 0.1) is 0 Å². The van der Waals surface area contributed by atoms with Crippen molar-refractivity contribution in [1.29, 1.82) is 0 Å². The molecule has 1 atom stereocenters. The normalized spacial score (nSPS) is 13.6. The molecule has 68 valence electrons. The van der Waals surface area contributed by atoms with Crippen LogP contribution in [0.1, 0.15) is 6.92 Å². The maximum absolute atomic E-state index is 11.4. The Labute approximate surface area is 82.4 Å². The molecule has 0 N–H and O–H groups in total. The molecule has 0 aromatic carbocycles. The van der Waals surface area contributed by atoms with Crippen molar-refractivity contribution in [1.82, 2.24) is 0 Å². The van der Waals surface area contributed by atoms with E-state index >= 15 is 0 Å². The molecule has 0 aliphatic rings. The van der Waals surface area contributed by atoms with Crippen molar-refractivity contribution in [3.63, 3.8) is 0 Å². The molecule has 0 amide bonds. The van der Waals surface area contributed by atoms with Gasteiger partial charge in [0, 0.05) is 0 Å². The molecule has 0 spiro atoms. The second-order valence-corrected chi connectivity index (χ2v) is 2.64. The molecule has 0 aliphatic heterocycles. The van der Waals surface area contributed by atoms with Crippen molar-refractivity contribution in [3.8, 4) is 0 Å². The van der Waals surface area contributed by atoms with Gasteiger partial charge in [0.25, 0.3) is 0 Å².